The van der Waals surface area contributed by atoms with Crippen LogP contribution in [0.2, 0.25) is 10.0 Å². The van der Waals surface area contributed by atoms with Gasteiger partial charge in [-0.3, -0.25) is 15.2 Å². The Hall–Kier alpha value is -1.86. The van der Waals surface area contributed by atoms with Gasteiger partial charge in [0.25, 0.3) is 0 Å². The number of nitrogens with two attached hydrogens (primary N) is 1. The van der Waals surface area contributed by atoms with Gasteiger partial charge in [0, 0.05) is 19.7 Å². The van der Waals surface area contributed by atoms with Crippen molar-refractivity contribution in [2.24, 2.45) is 5.73 Å². The number of carbonyl (C=O) groups is 1. The van der Waals surface area contributed by atoms with Crippen LogP contribution in [0.5, 0.6) is 11.5 Å². The summed E-state index contributed by atoms with van der Waals surface area (Å²) in [6, 6.07) is 0.295. The fraction of sp³-hybridized carbons (Fsp3) is 0.273. The average Bonchev–Trinajstić information content (AvgIpc) is 2.36. The zero-order valence-corrected chi connectivity index (χ0v) is 12.3. The molecule has 0 radical (unpaired) electrons. The fourth-order valence-corrected chi connectivity index (χ4v) is 2.18. The van der Waals surface area contributed by atoms with Crippen molar-refractivity contribution in [2.45, 2.75) is 6.92 Å². The third-order valence-corrected chi connectivity index (χ3v) is 3.34. The van der Waals surface area contributed by atoms with Crippen molar-refractivity contribution in [3.63, 3.8) is 0 Å². The van der Waals surface area contributed by atoms with Crippen molar-refractivity contribution in [3.8, 4) is 11.5 Å². The molecule has 1 rings (SSSR count). The van der Waals surface area contributed by atoms with Crippen molar-refractivity contribution in [1.29, 1.82) is 5.41 Å². The van der Waals surface area contributed by atoms with Crippen LogP contribution in [0.3, 0.4) is 0 Å². The molecular formula is C11H14Cl2N4O3. The Morgan fingerprint density at radius 2 is 1.80 bits per heavy atom. The minimum absolute atomic E-state index is 0.0736. The van der Waals surface area contributed by atoms with Crippen LogP contribution in [-0.2, 0) is 0 Å². The second-order valence-electron chi connectivity index (χ2n) is 3.86. The van der Waals surface area contributed by atoms with E-state index in [-0.39, 0.29) is 22.3 Å². The molecule has 0 unspecified atom stereocenters. The quantitative estimate of drug-likeness (QED) is 0.494. The summed E-state index contributed by atoms with van der Waals surface area (Å²) in [7, 11) is 1.33. The molecule has 7 nitrogen and oxygen atoms in total. The molecule has 1 aromatic carbocycles. The van der Waals surface area contributed by atoms with Crippen LogP contribution in [0.4, 0.5) is 10.5 Å². The molecule has 0 saturated heterocycles. The van der Waals surface area contributed by atoms with Gasteiger partial charge in [0.15, 0.2) is 5.96 Å². The topological polar surface area (TPSA) is 114 Å². The van der Waals surface area contributed by atoms with E-state index in [1.807, 2.05) is 0 Å². The van der Waals surface area contributed by atoms with E-state index in [2.05, 4.69) is 0 Å². The Morgan fingerprint density at radius 1 is 1.35 bits per heavy atom. The molecule has 0 bridgehead atoms. The molecule has 0 heterocycles. The second-order valence-corrected chi connectivity index (χ2v) is 4.62. The Kier molecular flexibility index (Phi) is 4.91. The summed E-state index contributed by atoms with van der Waals surface area (Å²) in [5, 5.41) is 26.1. The van der Waals surface area contributed by atoms with Crippen LogP contribution in [0, 0.1) is 5.41 Å². The van der Waals surface area contributed by atoms with Gasteiger partial charge in [-0.15, -0.1) is 0 Å². The van der Waals surface area contributed by atoms with Gasteiger partial charge in [-0.2, -0.15) is 0 Å². The average molecular weight is 321 g/mol. The van der Waals surface area contributed by atoms with E-state index in [1.165, 1.54) is 7.05 Å². The van der Waals surface area contributed by atoms with Gasteiger partial charge < -0.3 is 15.9 Å². The SMILES string of the molecule is CCN(C(=N)N)C(=O)N(C)c1c(Cl)c(O)cc(O)c1Cl. The Balaban J connectivity index is 3.31. The van der Waals surface area contributed by atoms with Gasteiger partial charge in [0.2, 0.25) is 0 Å². The number of aromatic hydroxyl groups is 2. The maximum absolute atomic E-state index is 12.2. The first-order chi connectivity index (χ1) is 9.22. The number of urea groups is 1. The van der Waals surface area contributed by atoms with Gasteiger partial charge in [-0.05, 0) is 6.92 Å². The minimum atomic E-state index is -0.672. The summed E-state index contributed by atoms with van der Waals surface area (Å²) >= 11 is 11.8. The van der Waals surface area contributed by atoms with E-state index >= 15 is 0 Å². The predicted molar refractivity (Wildman–Crippen MR) is 77.9 cm³/mol. The van der Waals surface area contributed by atoms with E-state index in [0.717, 1.165) is 15.9 Å². The number of halogens is 2. The molecule has 1 aromatic rings. The predicted octanol–water partition coefficient (Wildman–Crippen LogP) is 2.18. The van der Waals surface area contributed by atoms with Gasteiger partial charge in [-0.25, -0.2) is 4.79 Å². The second kappa shape index (κ2) is 6.06. The molecular weight excluding hydrogens is 307 g/mol. The van der Waals surface area contributed by atoms with Crippen LogP contribution >= 0.6 is 23.2 Å². The smallest absolute Gasteiger partial charge is 0.331 e. The maximum Gasteiger partial charge on any atom is 0.331 e. The van der Waals surface area contributed by atoms with Crippen molar-refractivity contribution >= 4 is 40.9 Å². The molecule has 5 N–H and O–H groups in total. The lowest BCUT2D eigenvalue weighted by Gasteiger charge is -2.27. The summed E-state index contributed by atoms with van der Waals surface area (Å²) in [4.78, 5) is 14.2. The van der Waals surface area contributed by atoms with Gasteiger partial charge in [0.05, 0.1) is 5.69 Å². The number of nitrogens with one attached hydrogen (secondary N) is 1. The summed E-state index contributed by atoms with van der Waals surface area (Å²) in [6.07, 6.45) is 0. The molecule has 0 fully saturated rings. The van der Waals surface area contributed by atoms with Gasteiger partial charge >= 0.3 is 6.03 Å². The standard InChI is InChI=1S/C11H14Cl2N4O3/c1-3-17(10(14)15)11(20)16(2)9-7(12)5(18)4-6(19)8(9)13/h4,18-19H,3H2,1-2H3,(H3,14,15). The van der Waals surface area contributed by atoms with E-state index in [9.17, 15) is 15.0 Å². The lowest BCUT2D eigenvalue weighted by molar-refractivity contribution is 0.229. The highest BCUT2D eigenvalue weighted by Crippen LogP contribution is 2.44. The molecule has 0 atom stereocenters. The van der Waals surface area contributed by atoms with E-state index in [1.54, 1.807) is 6.92 Å². The number of hydrogen-bond donors (Lipinski definition) is 4. The number of hydrogen-bond acceptors (Lipinski definition) is 4. The number of benzene rings is 1. The van der Waals surface area contributed by atoms with Crippen LogP contribution in [-0.4, -0.2) is 40.7 Å². The minimum Gasteiger partial charge on any atom is -0.506 e. The first-order valence-corrected chi connectivity index (χ1v) is 6.27. The largest absolute Gasteiger partial charge is 0.506 e. The fourth-order valence-electron chi connectivity index (χ4n) is 1.58. The highest BCUT2D eigenvalue weighted by atomic mass is 35.5. The summed E-state index contributed by atoms with van der Waals surface area (Å²) < 4.78 is 0. The van der Waals surface area contributed by atoms with E-state index < -0.39 is 23.5 Å². The number of phenolic OH excluding ortho intramolecular Hbond substituents is 2. The summed E-state index contributed by atoms with van der Waals surface area (Å²) in [5.74, 6) is -1.29. The number of carbonyl (C=O) groups excluding carboxylic acids is 1. The summed E-state index contributed by atoms with van der Waals surface area (Å²) in [6.45, 7) is 1.80. The van der Waals surface area contributed by atoms with E-state index in [0.29, 0.717) is 0 Å². The van der Waals surface area contributed by atoms with Crippen LogP contribution in [0.25, 0.3) is 0 Å². The monoisotopic (exact) mass is 320 g/mol. The van der Waals surface area contributed by atoms with Crippen molar-refractivity contribution < 1.29 is 15.0 Å². The lowest BCUT2D eigenvalue weighted by Crippen LogP contribution is -2.47. The molecule has 0 aliphatic carbocycles. The molecule has 0 aromatic heterocycles. The van der Waals surface area contributed by atoms with Crippen LogP contribution < -0.4 is 10.6 Å². The molecule has 20 heavy (non-hydrogen) atoms. The number of amides is 2. The number of guanidine groups is 1. The lowest BCUT2D eigenvalue weighted by atomic mass is 10.2. The Morgan fingerprint density at radius 3 is 2.15 bits per heavy atom. The Labute approximate surface area is 125 Å². The zero-order valence-electron chi connectivity index (χ0n) is 10.8. The number of anilines is 1. The molecule has 0 saturated carbocycles. The molecule has 2 amide bonds. The molecule has 110 valence electrons. The van der Waals surface area contributed by atoms with Crippen molar-refractivity contribution in [3.05, 3.63) is 16.1 Å². The molecule has 0 aliphatic rings. The number of phenols is 2. The van der Waals surface area contributed by atoms with Gasteiger partial charge in [0.1, 0.15) is 21.5 Å². The van der Waals surface area contributed by atoms with Crippen molar-refractivity contribution in [1.82, 2.24) is 4.90 Å². The van der Waals surface area contributed by atoms with E-state index in [4.69, 9.17) is 34.3 Å². The third kappa shape index (κ3) is 2.83. The van der Waals surface area contributed by atoms with Crippen LogP contribution in [0.1, 0.15) is 6.92 Å². The Bertz CT molecular complexity index is 539. The first-order valence-electron chi connectivity index (χ1n) is 5.51. The highest BCUT2D eigenvalue weighted by molar-refractivity contribution is 6.41. The normalized spacial score (nSPS) is 10.2. The third-order valence-electron chi connectivity index (χ3n) is 2.60. The van der Waals surface area contributed by atoms with Crippen molar-refractivity contribution in [2.75, 3.05) is 18.5 Å². The number of rotatable bonds is 2. The zero-order chi connectivity index (χ0) is 15.6. The molecule has 0 aliphatic heterocycles. The van der Waals surface area contributed by atoms with Crippen LogP contribution in [0.15, 0.2) is 6.07 Å². The number of nitrogens with zero attached hydrogens (tertiary/aromatic N) is 2. The molecule has 0 spiro atoms. The summed E-state index contributed by atoms with van der Waals surface area (Å²) in [5.41, 5.74) is 5.22. The van der Waals surface area contributed by atoms with Gasteiger partial charge in [-0.1, -0.05) is 23.2 Å². The highest BCUT2D eigenvalue weighted by Gasteiger charge is 2.26. The first kappa shape index (κ1) is 16.2. The molecule has 9 heteroatoms. The maximum atomic E-state index is 12.2.